The topological polar surface area (TPSA) is 61.5 Å². The molecule has 0 aromatic heterocycles. The lowest BCUT2D eigenvalue weighted by molar-refractivity contribution is -0.167. The van der Waals surface area contributed by atoms with E-state index in [1.807, 2.05) is 20.8 Å². The number of carbonyl (C=O) groups is 1. The molecule has 1 atom stereocenters. The lowest BCUT2D eigenvalue weighted by atomic mass is 10.2. The van der Waals surface area contributed by atoms with Crippen molar-refractivity contribution in [1.29, 1.82) is 0 Å². The molecule has 0 aromatic carbocycles. The van der Waals surface area contributed by atoms with Crippen LogP contribution in [0.4, 0.5) is 0 Å². The third-order valence-corrected chi connectivity index (χ3v) is 1.38. The summed E-state index contributed by atoms with van der Waals surface area (Å²) >= 11 is 0. The molecule has 4 nitrogen and oxygen atoms in total. The number of ether oxygens (including phenoxy) is 2. The van der Waals surface area contributed by atoms with Gasteiger partial charge in [-0.1, -0.05) is 0 Å². The zero-order valence-corrected chi connectivity index (χ0v) is 8.79. The maximum atomic E-state index is 11.4. The van der Waals surface area contributed by atoms with Crippen LogP contribution >= 0.6 is 0 Å². The Balaban J connectivity index is 4.06. The van der Waals surface area contributed by atoms with Gasteiger partial charge in [0.15, 0.2) is 6.10 Å². The van der Waals surface area contributed by atoms with Crippen molar-refractivity contribution in [3.8, 4) is 0 Å². The minimum absolute atomic E-state index is 0.347. The van der Waals surface area contributed by atoms with Crippen molar-refractivity contribution >= 4 is 5.97 Å². The molecule has 0 fully saturated rings. The van der Waals surface area contributed by atoms with E-state index in [0.717, 1.165) is 0 Å². The van der Waals surface area contributed by atoms with Crippen molar-refractivity contribution in [3.63, 3.8) is 0 Å². The number of hydrogen-bond acceptors (Lipinski definition) is 4. The van der Waals surface area contributed by atoms with E-state index in [1.165, 1.54) is 7.11 Å². The molecule has 2 N–H and O–H groups in total. The second kappa shape index (κ2) is 5.19. The molecule has 0 radical (unpaired) electrons. The van der Waals surface area contributed by atoms with E-state index < -0.39 is 11.7 Å². The van der Waals surface area contributed by atoms with Gasteiger partial charge >= 0.3 is 5.97 Å². The molecule has 0 saturated heterocycles. The first-order valence-electron chi connectivity index (χ1n) is 4.36. The molecule has 0 amide bonds. The lowest BCUT2D eigenvalue weighted by Gasteiger charge is -2.22. The van der Waals surface area contributed by atoms with E-state index in [2.05, 4.69) is 0 Å². The first kappa shape index (κ1) is 12.4. The molecule has 0 heterocycles. The van der Waals surface area contributed by atoms with Crippen molar-refractivity contribution in [3.05, 3.63) is 0 Å². The SMILES string of the molecule is CO[C@@H](CCN)C(=O)OC(C)(C)C. The molecule has 0 rings (SSSR count). The summed E-state index contributed by atoms with van der Waals surface area (Å²) < 4.78 is 10.1. The van der Waals surface area contributed by atoms with E-state index >= 15 is 0 Å². The van der Waals surface area contributed by atoms with Crippen LogP contribution in [0.15, 0.2) is 0 Å². The van der Waals surface area contributed by atoms with Crippen LogP contribution in [-0.2, 0) is 14.3 Å². The van der Waals surface area contributed by atoms with Crippen LogP contribution in [0.2, 0.25) is 0 Å². The number of rotatable bonds is 4. The zero-order chi connectivity index (χ0) is 10.5. The Bertz CT molecular complexity index is 163. The van der Waals surface area contributed by atoms with Gasteiger partial charge in [0.05, 0.1) is 0 Å². The fourth-order valence-corrected chi connectivity index (χ4v) is 0.851. The second-order valence-electron chi connectivity index (χ2n) is 3.84. The van der Waals surface area contributed by atoms with E-state index in [4.69, 9.17) is 15.2 Å². The molecule has 0 aromatic rings. The first-order valence-corrected chi connectivity index (χ1v) is 4.36. The molecule has 0 aliphatic rings. The molecule has 78 valence electrons. The number of nitrogens with two attached hydrogens (primary N) is 1. The fraction of sp³-hybridized carbons (Fsp3) is 0.889. The predicted octanol–water partition coefficient (Wildman–Crippen LogP) is 0.692. The number of methoxy groups -OCH3 is 1. The average molecular weight is 189 g/mol. The van der Waals surface area contributed by atoms with Gasteiger partial charge in [0, 0.05) is 7.11 Å². The van der Waals surface area contributed by atoms with Crippen LogP contribution in [-0.4, -0.2) is 31.3 Å². The van der Waals surface area contributed by atoms with Crippen LogP contribution in [0.5, 0.6) is 0 Å². The van der Waals surface area contributed by atoms with Crippen LogP contribution in [0.3, 0.4) is 0 Å². The molecular weight excluding hydrogens is 170 g/mol. The minimum atomic E-state index is -0.538. The average Bonchev–Trinajstić information content (AvgIpc) is 1.96. The minimum Gasteiger partial charge on any atom is -0.458 e. The van der Waals surface area contributed by atoms with Gasteiger partial charge in [0.2, 0.25) is 0 Å². The Morgan fingerprint density at radius 2 is 2.00 bits per heavy atom. The molecule has 0 spiro atoms. The summed E-state index contributed by atoms with van der Waals surface area (Å²) in [7, 11) is 1.48. The molecule has 4 heteroatoms. The predicted molar refractivity (Wildman–Crippen MR) is 50.3 cm³/mol. The molecule has 0 aliphatic carbocycles. The van der Waals surface area contributed by atoms with Crippen LogP contribution < -0.4 is 5.73 Å². The van der Waals surface area contributed by atoms with E-state index in [1.54, 1.807) is 0 Å². The summed E-state index contributed by atoms with van der Waals surface area (Å²) in [5.41, 5.74) is 4.85. The summed E-state index contributed by atoms with van der Waals surface area (Å²) in [5.74, 6) is -0.347. The molecule has 0 saturated carbocycles. The van der Waals surface area contributed by atoms with Gasteiger partial charge in [-0.25, -0.2) is 4.79 Å². The molecule has 13 heavy (non-hydrogen) atoms. The third kappa shape index (κ3) is 5.60. The Kier molecular flexibility index (Phi) is 4.95. The van der Waals surface area contributed by atoms with Gasteiger partial charge in [-0.3, -0.25) is 0 Å². The summed E-state index contributed by atoms with van der Waals surface area (Å²) in [6.07, 6.45) is -0.0463. The van der Waals surface area contributed by atoms with Crippen molar-refractivity contribution in [1.82, 2.24) is 0 Å². The summed E-state index contributed by atoms with van der Waals surface area (Å²) in [5, 5.41) is 0. The Morgan fingerprint density at radius 3 is 2.31 bits per heavy atom. The number of carbonyl (C=O) groups excluding carboxylic acids is 1. The third-order valence-electron chi connectivity index (χ3n) is 1.38. The lowest BCUT2D eigenvalue weighted by Crippen LogP contribution is -2.34. The highest BCUT2D eigenvalue weighted by Crippen LogP contribution is 2.10. The summed E-state index contributed by atoms with van der Waals surface area (Å²) in [6, 6.07) is 0. The summed E-state index contributed by atoms with van der Waals surface area (Å²) in [6.45, 7) is 5.87. The van der Waals surface area contributed by atoms with E-state index in [9.17, 15) is 4.79 Å². The second-order valence-corrected chi connectivity index (χ2v) is 3.84. The van der Waals surface area contributed by atoms with Gasteiger partial charge in [-0.15, -0.1) is 0 Å². The largest absolute Gasteiger partial charge is 0.458 e. The molecule has 0 unspecified atom stereocenters. The molecule has 0 aliphatic heterocycles. The Morgan fingerprint density at radius 1 is 1.46 bits per heavy atom. The van der Waals surface area contributed by atoms with Gasteiger partial charge in [-0.05, 0) is 33.7 Å². The number of esters is 1. The van der Waals surface area contributed by atoms with E-state index in [-0.39, 0.29) is 5.97 Å². The highest BCUT2D eigenvalue weighted by Gasteiger charge is 2.23. The van der Waals surface area contributed by atoms with Crippen LogP contribution in [0.25, 0.3) is 0 Å². The highest BCUT2D eigenvalue weighted by molar-refractivity contribution is 5.75. The van der Waals surface area contributed by atoms with Gasteiger partial charge < -0.3 is 15.2 Å². The Hall–Kier alpha value is -0.610. The monoisotopic (exact) mass is 189 g/mol. The standard InChI is InChI=1S/C9H19NO3/c1-9(2,3)13-8(11)7(12-4)5-6-10/h7H,5-6,10H2,1-4H3/t7-/m0/s1. The van der Waals surface area contributed by atoms with E-state index in [0.29, 0.717) is 13.0 Å². The van der Waals surface area contributed by atoms with Crippen molar-refractivity contribution in [2.75, 3.05) is 13.7 Å². The zero-order valence-electron chi connectivity index (χ0n) is 8.79. The highest BCUT2D eigenvalue weighted by atomic mass is 16.6. The van der Waals surface area contributed by atoms with Gasteiger partial charge in [0.1, 0.15) is 5.60 Å². The number of hydrogen-bond donors (Lipinski definition) is 1. The van der Waals surface area contributed by atoms with Gasteiger partial charge in [-0.2, -0.15) is 0 Å². The van der Waals surface area contributed by atoms with Crippen LogP contribution in [0.1, 0.15) is 27.2 Å². The fourth-order valence-electron chi connectivity index (χ4n) is 0.851. The first-order chi connectivity index (χ1) is 5.90. The summed E-state index contributed by atoms with van der Waals surface area (Å²) in [4.78, 5) is 11.4. The molecular formula is C9H19NO3. The van der Waals surface area contributed by atoms with Crippen LogP contribution in [0, 0.1) is 0 Å². The van der Waals surface area contributed by atoms with Crippen molar-refractivity contribution in [2.45, 2.75) is 38.9 Å². The van der Waals surface area contributed by atoms with Crippen molar-refractivity contribution in [2.24, 2.45) is 5.73 Å². The van der Waals surface area contributed by atoms with Gasteiger partial charge in [0.25, 0.3) is 0 Å². The normalized spacial score (nSPS) is 13.9. The maximum Gasteiger partial charge on any atom is 0.335 e. The maximum absolute atomic E-state index is 11.4. The molecule has 0 bridgehead atoms. The van der Waals surface area contributed by atoms with Crippen molar-refractivity contribution < 1.29 is 14.3 Å². The quantitative estimate of drug-likeness (QED) is 0.661. The Labute approximate surface area is 79.4 Å². The smallest absolute Gasteiger partial charge is 0.335 e.